The van der Waals surface area contributed by atoms with Crippen LogP contribution in [-0.2, 0) is 0 Å². The Hall–Kier alpha value is -1.88. The van der Waals surface area contributed by atoms with E-state index in [1.54, 1.807) is 40.0 Å². The monoisotopic (exact) mass is 265 g/mol. The fourth-order valence-electron chi connectivity index (χ4n) is 1.86. The Morgan fingerprint density at radius 1 is 1.21 bits per heavy atom. The van der Waals surface area contributed by atoms with Gasteiger partial charge in [0.2, 0.25) is 0 Å². The average Bonchev–Trinajstić information content (AvgIpc) is 2.37. The molecule has 1 aromatic carbocycles. The lowest BCUT2D eigenvalue weighted by atomic mass is 9.96. The lowest BCUT2D eigenvalue weighted by Crippen LogP contribution is -2.38. The minimum atomic E-state index is -1.12. The number of carbonyl (C=O) groups excluding carboxylic acids is 1. The predicted octanol–water partition coefficient (Wildman–Crippen LogP) is 1.45. The smallest absolute Gasteiger partial charge is 0.336 e. The lowest BCUT2D eigenvalue weighted by Gasteiger charge is -2.25. The number of benzene rings is 1. The second kappa shape index (κ2) is 5.84. The molecule has 0 saturated heterocycles. The first-order valence-corrected chi connectivity index (χ1v) is 6.02. The second-order valence-corrected chi connectivity index (χ2v) is 4.70. The standard InChI is InChI=1S/C14H19NO4/c1-8-5-6-9(2)12(14(18)19)11(8)13(17)15(4)10(3)7-16/h5-6,10,16H,7H2,1-4H3,(H,18,19). The van der Waals surface area contributed by atoms with Gasteiger partial charge < -0.3 is 15.1 Å². The molecule has 2 N–H and O–H groups in total. The van der Waals surface area contributed by atoms with Crippen molar-refractivity contribution >= 4 is 11.9 Å². The quantitative estimate of drug-likeness (QED) is 0.863. The largest absolute Gasteiger partial charge is 0.478 e. The fourth-order valence-corrected chi connectivity index (χ4v) is 1.86. The van der Waals surface area contributed by atoms with E-state index >= 15 is 0 Å². The number of likely N-dealkylation sites (N-methyl/N-ethyl adjacent to an activating group) is 1. The molecule has 0 saturated carbocycles. The van der Waals surface area contributed by atoms with Crippen LogP contribution in [-0.4, -0.2) is 46.7 Å². The van der Waals surface area contributed by atoms with Gasteiger partial charge in [0.15, 0.2) is 0 Å². The lowest BCUT2D eigenvalue weighted by molar-refractivity contribution is 0.0646. The van der Waals surface area contributed by atoms with E-state index in [4.69, 9.17) is 5.11 Å². The molecule has 0 aliphatic carbocycles. The van der Waals surface area contributed by atoms with E-state index < -0.39 is 5.97 Å². The Morgan fingerprint density at radius 2 is 1.68 bits per heavy atom. The number of aryl methyl sites for hydroxylation is 2. The zero-order chi connectivity index (χ0) is 14.7. The van der Waals surface area contributed by atoms with Gasteiger partial charge >= 0.3 is 5.97 Å². The molecule has 1 aromatic rings. The maximum Gasteiger partial charge on any atom is 0.336 e. The number of carboxylic acid groups (broad SMARTS) is 1. The first kappa shape index (κ1) is 15.2. The Bertz CT molecular complexity index is 510. The number of aliphatic hydroxyl groups is 1. The zero-order valence-corrected chi connectivity index (χ0v) is 11.6. The van der Waals surface area contributed by atoms with Gasteiger partial charge in [-0.1, -0.05) is 12.1 Å². The second-order valence-electron chi connectivity index (χ2n) is 4.70. The molecule has 1 amide bonds. The van der Waals surface area contributed by atoms with Crippen LogP contribution in [0.4, 0.5) is 0 Å². The molecule has 0 fully saturated rings. The molecule has 0 radical (unpaired) electrons. The Balaban J connectivity index is 3.37. The number of carbonyl (C=O) groups is 2. The molecular weight excluding hydrogens is 246 g/mol. The summed E-state index contributed by atoms with van der Waals surface area (Å²) in [7, 11) is 1.55. The number of aliphatic hydroxyl groups excluding tert-OH is 1. The number of nitrogens with zero attached hydrogens (tertiary/aromatic N) is 1. The highest BCUT2D eigenvalue weighted by atomic mass is 16.4. The van der Waals surface area contributed by atoms with Gasteiger partial charge in [-0.25, -0.2) is 4.79 Å². The zero-order valence-electron chi connectivity index (χ0n) is 11.6. The molecule has 0 aliphatic heterocycles. The van der Waals surface area contributed by atoms with Crippen LogP contribution < -0.4 is 0 Å². The summed E-state index contributed by atoms with van der Waals surface area (Å²) >= 11 is 0. The molecule has 1 unspecified atom stereocenters. The van der Waals surface area contributed by atoms with Crippen LogP contribution in [0.15, 0.2) is 12.1 Å². The van der Waals surface area contributed by atoms with Crippen molar-refractivity contribution in [3.63, 3.8) is 0 Å². The van der Waals surface area contributed by atoms with Crippen LogP contribution in [0.3, 0.4) is 0 Å². The summed E-state index contributed by atoms with van der Waals surface area (Å²) in [5.74, 6) is -1.50. The highest BCUT2D eigenvalue weighted by molar-refractivity contribution is 6.06. The summed E-state index contributed by atoms with van der Waals surface area (Å²) in [5, 5.41) is 18.4. The number of hydrogen-bond donors (Lipinski definition) is 2. The van der Waals surface area contributed by atoms with Crippen molar-refractivity contribution in [3.8, 4) is 0 Å². The van der Waals surface area contributed by atoms with Crippen molar-refractivity contribution in [2.75, 3.05) is 13.7 Å². The van der Waals surface area contributed by atoms with Crippen molar-refractivity contribution in [2.45, 2.75) is 26.8 Å². The number of carboxylic acids is 1. The summed E-state index contributed by atoms with van der Waals surface area (Å²) in [5.41, 5.74) is 1.38. The third-order valence-electron chi connectivity index (χ3n) is 3.30. The predicted molar refractivity (Wildman–Crippen MR) is 71.5 cm³/mol. The fraction of sp³-hybridized carbons (Fsp3) is 0.429. The summed E-state index contributed by atoms with van der Waals surface area (Å²) in [6.07, 6.45) is 0. The molecular formula is C14H19NO4. The van der Waals surface area contributed by atoms with Crippen molar-refractivity contribution < 1.29 is 19.8 Å². The molecule has 5 heteroatoms. The summed E-state index contributed by atoms with van der Waals surface area (Å²) in [6.45, 7) is 4.89. The normalized spacial score (nSPS) is 12.1. The molecule has 0 spiro atoms. The number of amides is 1. The average molecular weight is 265 g/mol. The van der Waals surface area contributed by atoms with E-state index in [1.807, 2.05) is 0 Å². The van der Waals surface area contributed by atoms with E-state index in [9.17, 15) is 14.7 Å². The van der Waals surface area contributed by atoms with Gasteiger partial charge in [0.05, 0.1) is 23.8 Å². The molecule has 0 aliphatic rings. The molecule has 0 heterocycles. The molecule has 104 valence electrons. The van der Waals surface area contributed by atoms with Crippen molar-refractivity contribution in [1.82, 2.24) is 4.90 Å². The number of hydrogen-bond acceptors (Lipinski definition) is 3. The molecule has 1 atom stereocenters. The highest BCUT2D eigenvalue weighted by Gasteiger charge is 2.25. The SMILES string of the molecule is Cc1ccc(C)c(C(=O)N(C)C(C)CO)c1C(=O)O. The summed E-state index contributed by atoms with van der Waals surface area (Å²) < 4.78 is 0. The van der Waals surface area contributed by atoms with Gasteiger partial charge in [-0.3, -0.25) is 4.79 Å². The minimum Gasteiger partial charge on any atom is -0.478 e. The first-order valence-electron chi connectivity index (χ1n) is 6.02. The topological polar surface area (TPSA) is 77.8 Å². The molecule has 1 rings (SSSR count). The third kappa shape index (κ3) is 2.93. The van der Waals surface area contributed by atoms with E-state index in [0.717, 1.165) is 0 Å². The Kier molecular flexibility index (Phi) is 4.67. The van der Waals surface area contributed by atoms with Crippen LogP contribution in [0, 0.1) is 13.8 Å². The highest BCUT2D eigenvalue weighted by Crippen LogP contribution is 2.21. The maximum atomic E-state index is 12.4. The van der Waals surface area contributed by atoms with Gasteiger partial charge in [-0.15, -0.1) is 0 Å². The van der Waals surface area contributed by atoms with Gasteiger partial charge in [0.25, 0.3) is 5.91 Å². The minimum absolute atomic E-state index is 0.0296. The molecule has 19 heavy (non-hydrogen) atoms. The molecule has 0 bridgehead atoms. The Labute approximate surface area is 112 Å². The van der Waals surface area contributed by atoms with Gasteiger partial charge in [-0.05, 0) is 31.9 Å². The van der Waals surface area contributed by atoms with Crippen LogP contribution in [0.5, 0.6) is 0 Å². The summed E-state index contributed by atoms with van der Waals surface area (Å²) in [6, 6.07) is 3.05. The van der Waals surface area contributed by atoms with Crippen molar-refractivity contribution in [1.29, 1.82) is 0 Å². The third-order valence-corrected chi connectivity index (χ3v) is 3.30. The molecule has 0 aromatic heterocycles. The van der Waals surface area contributed by atoms with Gasteiger partial charge in [-0.2, -0.15) is 0 Å². The van der Waals surface area contributed by atoms with Crippen molar-refractivity contribution in [2.24, 2.45) is 0 Å². The number of aromatic carboxylic acids is 1. The first-order chi connectivity index (χ1) is 8.81. The van der Waals surface area contributed by atoms with E-state index in [-0.39, 0.29) is 29.7 Å². The maximum absolute atomic E-state index is 12.4. The van der Waals surface area contributed by atoms with Crippen LogP contribution in [0.1, 0.15) is 38.8 Å². The summed E-state index contributed by atoms with van der Waals surface area (Å²) in [4.78, 5) is 25.1. The van der Waals surface area contributed by atoms with Gasteiger partial charge in [0, 0.05) is 7.05 Å². The van der Waals surface area contributed by atoms with E-state index in [1.165, 1.54) is 4.90 Å². The van der Waals surface area contributed by atoms with Crippen LogP contribution >= 0.6 is 0 Å². The number of rotatable bonds is 4. The van der Waals surface area contributed by atoms with E-state index in [0.29, 0.717) is 11.1 Å². The van der Waals surface area contributed by atoms with E-state index in [2.05, 4.69) is 0 Å². The molecule has 5 nitrogen and oxygen atoms in total. The van der Waals surface area contributed by atoms with Crippen molar-refractivity contribution in [3.05, 3.63) is 34.4 Å². The van der Waals surface area contributed by atoms with Gasteiger partial charge in [0.1, 0.15) is 0 Å². The van der Waals surface area contributed by atoms with Crippen LogP contribution in [0.2, 0.25) is 0 Å². The Morgan fingerprint density at radius 3 is 2.11 bits per heavy atom. The van der Waals surface area contributed by atoms with Crippen LogP contribution in [0.25, 0.3) is 0 Å².